The van der Waals surface area contributed by atoms with Gasteiger partial charge in [0, 0.05) is 0 Å². The van der Waals surface area contributed by atoms with E-state index >= 15 is 0 Å². The van der Waals surface area contributed by atoms with Gasteiger partial charge in [-0.3, -0.25) is 0 Å². The highest BCUT2D eigenvalue weighted by Gasteiger charge is 2.09. The van der Waals surface area contributed by atoms with Crippen molar-refractivity contribution in [1.29, 1.82) is 0 Å². The Morgan fingerprint density at radius 3 is 1.28 bits per heavy atom. The molecular formula is C13H26O5. The first-order valence-corrected chi connectivity index (χ1v) is 6.75. The van der Waals surface area contributed by atoms with Crippen molar-refractivity contribution < 1.29 is 23.7 Å². The van der Waals surface area contributed by atoms with E-state index in [0.29, 0.717) is 52.9 Å². The van der Waals surface area contributed by atoms with E-state index in [0.717, 1.165) is 6.42 Å². The Kier molecular flexibility index (Phi) is 9.42. The predicted octanol–water partition coefficient (Wildman–Crippen LogP) is 1.25. The lowest BCUT2D eigenvalue weighted by Gasteiger charge is -2.19. The van der Waals surface area contributed by atoms with Crippen molar-refractivity contribution in [2.24, 2.45) is 0 Å². The van der Waals surface area contributed by atoms with Gasteiger partial charge >= 0.3 is 0 Å². The summed E-state index contributed by atoms with van der Waals surface area (Å²) in [7, 11) is 0. The largest absolute Gasteiger partial charge is 0.377 e. The summed E-state index contributed by atoms with van der Waals surface area (Å²) in [5.41, 5.74) is 0. The molecule has 1 fully saturated rings. The molecule has 1 aliphatic heterocycles. The summed E-state index contributed by atoms with van der Waals surface area (Å²) in [6, 6.07) is 0. The van der Waals surface area contributed by atoms with Crippen molar-refractivity contribution in [1.82, 2.24) is 0 Å². The van der Waals surface area contributed by atoms with Gasteiger partial charge in [0.1, 0.15) is 0 Å². The molecule has 0 spiro atoms. The SMILES string of the molecule is C[C@@H]1C[C@@H](C)OCCOCCOCCOCCO1. The van der Waals surface area contributed by atoms with Gasteiger partial charge in [0.05, 0.1) is 65.1 Å². The lowest BCUT2D eigenvalue weighted by molar-refractivity contribution is -0.0529. The van der Waals surface area contributed by atoms with Gasteiger partial charge in [-0.05, 0) is 20.3 Å². The Balaban J connectivity index is 2.19. The van der Waals surface area contributed by atoms with Crippen LogP contribution in [0, 0.1) is 0 Å². The summed E-state index contributed by atoms with van der Waals surface area (Å²) in [6.07, 6.45) is 1.27. The fraction of sp³-hybridized carbons (Fsp3) is 1.00. The molecule has 5 nitrogen and oxygen atoms in total. The van der Waals surface area contributed by atoms with Crippen LogP contribution in [-0.2, 0) is 23.7 Å². The Bertz CT molecular complexity index is 170. The molecule has 1 aliphatic rings. The Hall–Kier alpha value is -0.200. The molecule has 1 rings (SSSR count). The molecule has 0 saturated carbocycles. The van der Waals surface area contributed by atoms with Crippen molar-refractivity contribution >= 4 is 0 Å². The fourth-order valence-electron chi connectivity index (χ4n) is 1.76. The van der Waals surface area contributed by atoms with Crippen LogP contribution in [0.4, 0.5) is 0 Å². The highest BCUT2D eigenvalue weighted by molar-refractivity contribution is 4.58. The molecule has 5 heteroatoms. The van der Waals surface area contributed by atoms with E-state index in [1.54, 1.807) is 0 Å². The van der Waals surface area contributed by atoms with Crippen molar-refractivity contribution in [2.45, 2.75) is 32.5 Å². The highest BCUT2D eigenvalue weighted by Crippen LogP contribution is 2.05. The van der Waals surface area contributed by atoms with Crippen LogP contribution in [0.3, 0.4) is 0 Å². The minimum atomic E-state index is 0.189. The third-order valence-corrected chi connectivity index (χ3v) is 2.67. The van der Waals surface area contributed by atoms with Crippen molar-refractivity contribution in [3.8, 4) is 0 Å². The maximum Gasteiger partial charge on any atom is 0.0704 e. The van der Waals surface area contributed by atoms with Gasteiger partial charge in [-0.25, -0.2) is 0 Å². The lowest BCUT2D eigenvalue weighted by atomic mass is 10.2. The Labute approximate surface area is 110 Å². The molecule has 18 heavy (non-hydrogen) atoms. The second kappa shape index (κ2) is 10.7. The van der Waals surface area contributed by atoms with E-state index in [1.807, 2.05) is 0 Å². The average Bonchev–Trinajstić information content (AvgIpc) is 2.33. The molecule has 108 valence electrons. The summed E-state index contributed by atoms with van der Waals surface area (Å²) in [5.74, 6) is 0. The van der Waals surface area contributed by atoms with Crippen LogP contribution in [0.1, 0.15) is 20.3 Å². The van der Waals surface area contributed by atoms with Crippen LogP contribution in [0.15, 0.2) is 0 Å². The third-order valence-electron chi connectivity index (χ3n) is 2.67. The van der Waals surface area contributed by atoms with E-state index < -0.39 is 0 Å². The molecule has 0 radical (unpaired) electrons. The van der Waals surface area contributed by atoms with E-state index in [4.69, 9.17) is 23.7 Å². The molecule has 0 aromatic carbocycles. The summed E-state index contributed by atoms with van der Waals surface area (Å²) in [6.45, 7) is 9.01. The van der Waals surface area contributed by atoms with Crippen molar-refractivity contribution in [3.63, 3.8) is 0 Å². The topological polar surface area (TPSA) is 46.2 Å². The van der Waals surface area contributed by atoms with Gasteiger partial charge in [0.25, 0.3) is 0 Å². The predicted molar refractivity (Wildman–Crippen MR) is 67.9 cm³/mol. The standard InChI is InChI=1S/C13H26O5/c1-12-11-13(2)18-10-8-16-6-4-14-3-5-15-7-9-17-12/h12-13H,3-11H2,1-2H3/t12-,13-/m1/s1. The molecule has 0 N–H and O–H groups in total. The lowest BCUT2D eigenvalue weighted by Crippen LogP contribution is -2.22. The zero-order valence-electron chi connectivity index (χ0n) is 11.6. The quantitative estimate of drug-likeness (QED) is 0.657. The van der Waals surface area contributed by atoms with E-state index in [-0.39, 0.29) is 12.2 Å². The summed E-state index contributed by atoms with van der Waals surface area (Å²) >= 11 is 0. The Morgan fingerprint density at radius 2 is 0.889 bits per heavy atom. The minimum absolute atomic E-state index is 0.189. The van der Waals surface area contributed by atoms with Gasteiger partial charge in [-0.2, -0.15) is 0 Å². The van der Waals surface area contributed by atoms with Crippen LogP contribution in [-0.4, -0.2) is 65.1 Å². The molecule has 0 unspecified atom stereocenters. The van der Waals surface area contributed by atoms with Gasteiger partial charge < -0.3 is 23.7 Å². The molecule has 0 amide bonds. The number of hydrogen-bond acceptors (Lipinski definition) is 5. The zero-order chi connectivity index (χ0) is 13.1. The second-order valence-electron chi connectivity index (χ2n) is 4.44. The van der Waals surface area contributed by atoms with E-state index in [1.165, 1.54) is 0 Å². The number of hydrogen-bond donors (Lipinski definition) is 0. The first-order chi connectivity index (χ1) is 8.79. The van der Waals surface area contributed by atoms with Crippen molar-refractivity contribution in [2.75, 3.05) is 52.9 Å². The Morgan fingerprint density at radius 1 is 0.556 bits per heavy atom. The number of rotatable bonds is 0. The van der Waals surface area contributed by atoms with Gasteiger partial charge in [0.15, 0.2) is 0 Å². The highest BCUT2D eigenvalue weighted by atomic mass is 16.6. The molecule has 0 aromatic rings. The molecule has 1 heterocycles. The summed E-state index contributed by atoms with van der Waals surface area (Å²) < 4.78 is 27.4. The van der Waals surface area contributed by atoms with Crippen LogP contribution >= 0.6 is 0 Å². The van der Waals surface area contributed by atoms with E-state index in [9.17, 15) is 0 Å². The van der Waals surface area contributed by atoms with E-state index in [2.05, 4.69) is 13.8 Å². The first-order valence-electron chi connectivity index (χ1n) is 6.75. The minimum Gasteiger partial charge on any atom is -0.377 e. The molecule has 0 aliphatic carbocycles. The van der Waals surface area contributed by atoms with Gasteiger partial charge in [-0.1, -0.05) is 0 Å². The average molecular weight is 262 g/mol. The van der Waals surface area contributed by atoms with Crippen LogP contribution in [0.5, 0.6) is 0 Å². The molecule has 1 saturated heterocycles. The smallest absolute Gasteiger partial charge is 0.0704 e. The van der Waals surface area contributed by atoms with Crippen LogP contribution < -0.4 is 0 Å². The van der Waals surface area contributed by atoms with Gasteiger partial charge in [0.2, 0.25) is 0 Å². The molecule has 0 bridgehead atoms. The molecular weight excluding hydrogens is 236 g/mol. The van der Waals surface area contributed by atoms with Crippen LogP contribution in [0.2, 0.25) is 0 Å². The fourth-order valence-corrected chi connectivity index (χ4v) is 1.76. The second-order valence-corrected chi connectivity index (χ2v) is 4.44. The van der Waals surface area contributed by atoms with Crippen molar-refractivity contribution in [3.05, 3.63) is 0 Å². The number of ether oxygens (including phenoxy) is 5. The normalized spacial score (nSPS) is 31.0. The maximum absolute atomic E-state index is 5.64. The van der Waals surface area contributed by atoms with Gasteiger partial charge in [-0.15, -0.1) is 0 Å². The molecule has 0 aromatic heterocycles. The summed E-state index contributed by atoms with van der Waals surface area (Å²) in [4.78, 5) is 0. The summed E-state index contributed by atoms with van der Waals surface area (Å²) in [5, 5.41) is 0. The van der Waals surface area contributed by atoms with Crippen LogP contribution in [0.25, 0.3) is 0 Å². The monoisotopic (exact) mass is 262 g/mol. The maximum atomic E-state index is 5.64. The molecule has 2 atom stereocenters. The zero-order valence-corrected chi connectivity index (χ0v) is 11.6. The first kappa shape index (κ1) is 15.9. The third kappa shape index (κ3) is 8.83.